The number of nitrogens with zero attached hydrogens (tertiary/aromatic N) is 1. The maximum absolute atomic E-state index is 12.4. The van der Waals surface area contributed by atoms with Gasteiger partial charge in [-0.25, -0.2) is 4.98 Å². The summed E-state index contributed by atoms with van der Waals surface area (Å²) in [7, 11) is -3.95. The number of hydrogen-bond acceptors (Lipinski definition) is 5. The van der Waals surface area contributed by atoms with Crippen molar-refractivity contribution in [2.24, 2.45) is 0 Å². The number of H-pyrrole nitrogens is 1. The van der Waals surface area contributed by atoms with E-state index >= 15 is 0 Å². The third kappa shape index (κ3) is 3.45. The van der Waals surface area contributed by atoms with Crippen LogP contribution in [0.5, 0.6) is 5.75 Å². The molecule has 1 aromatic heterocycles. The molecule has 0 aliphatic rings. The van der Waals surface area contributed by atoms with Gasteiger partial charge in [0.1, 0.15) is 16.5 Å². The zero-order chi connectivity index (χ0) is 18.9. The number of para-hydroxylation sites is 2. The Balaban J connectivity index is 1.67. The summed E-state index contributed by atoms with van der Waals surface area (Å²) in [6, 6.07) is 21.3. The molecule has 0 saturated heterocycles. The van der Waals surface area contributed by atoms with E-state index in [0.29, 0.717) is 22.3 Å². The van der Waals surface area contributed by atoms with Gasteiger partial charge in [0, 0.05) is 5.56 Å². The third-order valence-electron chi connectivity index (χ3n) is 3.98. The van der Waals surface area contributed by atoms with Crippen molar-refractivity contribution in [1.82, 2.24) is 9.97 Å². The van der Waals surface area contributed by atoms with Gasteiger partial charge >= 0.3 is 10.1 Å². The van der Waals surface area contributed by atoms with Crippen LogP contribution in [0.1, 0.15) is 0 Å². The Kier molecular flexibility index (Phi) is 4.21. The highest BCUT2D eigenvalue weighted by molar-refractivity contribution is 7.87. The van der Waals surface area contributed by atoms with Crippen LogP contribution in [0, 0.1) is 0 Å². The minimum atomic E-state index is -3.95. The average molecular weight is 378 g/mol. The molecular weight excluding hydrogens is 364 g/mol. The van der Waals surface area contributed by atoms with Crippen LogP contribution in [0.15, 0.2) is 88.6 Å². The zero-order valence-electron chi connectivity index (χ0n) is 14.0. The Morgan fingerprint density at radius 2 is 1.48 bits per heavy atom. The SMILES string of the molecule is O=c1[nH]c(-c2ccc(S(=O)(=O)Oc3ccccc3)cc2)nc2ccccc12. The topological polar surface area (TPSA) is 89.1 Å². The van der Waals surface area contributed by atoms with Crippen LogP contribution in [-0.2, 0) is 10.1 Å². The molecule has 0 radical (unpaired) electrons. The lowest BCUT2D eigenvalue weighted by Crippen LogP contribution is -2.10. The van der Waals surface area contributed by atoms with Gasteiger partial charge in [0.2, 0.25) is 0 Å². The van der Waals surface area contributed by atoms with Crippen molar-refractivity contribution in [2.45, 2.75) is 4.90 Å². The maximum Gasteiger partial charge on any atom is 0.339 e. The van der Waals surface area contributed by atoms with Gasteiger partial charge < -0.3 is 9.17 Å². The molecule has 0 spiro atoms. The van der Waals surface area contributed by atoms with Crippen molar-refractivity contribution in [3.8, 4) is 17.1 Å². The molecule has 1 heterocycles. The van der Waals surface area contributed by atoms with Gasteiger partial charge in [-0.15, -0.1) is 0 Å². The molecule has 0 amide bonds. The predicted molar refractivity (Wildman–Crippen MR) is 102 cm³/mol. The van der Waals surface area contributed by atoms with Crippen LogP contribution < -0.4 is 9.74 Å². The van der Waals surface area contributed by atoms with Crippen molar-refractivity contribution in [3.05, 3.63) is 89.2 Å². The summed E-state index contributed by atoms with van der Waals surface area (Å²) in [6.07, 6.45) is 0. The summed E-state index contributed by atoms with van der Waals surface area (Å²) in [6.45, 7) is 0. The van der Waals surface area contributed by atoms with Crippen LogP contribution in [0.4, 0.5) is 0 Å². The Labute approximate surface area is 155 Å². The maximum atomic E-state index is 12.4. The fourth-order valence-electron chi connectivity index (χ4n) is 2.65. The molecule has 0 aliphatic carbocycles. The normalized spacial score (nSPS) is 11.4. The highest BCUT2D eigenvalue weighted by Gasteiger charge is 2.17. The molecule has 0 unspecified atom stereocenters. The molecule has 4 rings (SSSR count). The van der Waals surface area contributed by atoms with Gasteiger partial charge in [0.05, 0.1) is 10.9 Å². The standard InChI is InChI=1S/C20H14N2O4S/c23-20-17-8-4-5-9-18(17)21-19(22-20)14-10-12-16(13-11-14)27(24,25)26-15-6-2-1-3-7-15/h1-13H,(H,21,22,23). The predicted octanol–water partition coefficient (Wildman–Crippen LogP) is 3.36. The van der Waals surface area contributed by atoms with Crippen molar-refractivity contribution in [1.29, 1.82) is 0 Å². The van der Waals surface area contributed by atoms with Crippen LogP contribution in [0.25, 0.3) is 22.3 Å². The number of rotatable bonds is 4. The second-order valence-corrected chi connectivity index (χ2v) is 7.35. The van der Waals surface area contributed by atoms with Gasteiger partial charge in [-0.3, -0.25) is 4.79 Å². The molecule has 4 aromatic rings. The average Bonchev–Trinajstić information content (AvgIpc) is 2.68. The lowest BCUT2D eigenvalue weighted by molar-refractivity contribution is 0.486. The molecule has 0 fully saturated rings. The second-order valence-electron chi connectivity index (χ2n) is 5.81. The van der Waals surface area contributed by atoms with E-state index in [0.717, 1.165) is 0 Å². The molecule has 6 nitrogen and oxygen atoms in total. The summed E-state index contributed by atoms with van der Waals surface area (Å²) in [5.74, 6) is 0.605. The van der Waals surface area contributed by atoms with Gasteiger partial charge in [-0.2, -0.15) is 8.42 Å². The molecule has 3 aromatic carbocycles. The smallest absolute Gasteiger partial charge is 0.339 e. The van der Waals surface area contributed by atoms with Crippen LogP contribution >= 0.6 is 0 Å². The minimum Gasteiger partial charge on any atom is -0.379 e. The summed E-state index contributed by atoms with van der Waals surface area (Å²) >= 11 is 0. The number of aromatic amines is 1. The Morgan fingerprint density at radius 1 is 0.815 bits per heavy atom. The molecule has 0 saturated carbocycles. The summed E-state index contributed by atoms with van der Waals surface area (Å²) in [5.41, 5.74) is 0.914. The van der Waals surface area contributed by atoms with Crippen LogP contribution in [0.3, 0.4) is 0 Å². The third-order valence-corrected chi connectivity index (χ3v) is 5.24. The van der Waals surface area contributed by atoms with E-state index in [-0.39, 0.29) is 16.2 Å². The number of hydrogen-bond donors (Lipinski definition) is 1. The molecule has 1 N–H and O–H groups in total. The van der Waals surface area contributed by atoms with E-state index < -0.39 is 10.1 Å². The van der Waals surface area contributed by atoms with E-state index in [1.165, 1.54) is 12.1 Å². The molecule has 134 valence electrons. The van der Waals surface area contributed by atoms with Crippen molar-refractivity contribution in [3.63, 3.8) is 0 Å². The fraction of sp³-hybridized carbons (Fsp3) is 0. The van der Waals surface area contributed by atoms with Gasteiger partial charge in [-0.05, 0) is 48.5 Å². The first kappa shape index (κ1) is 17.0. The lowest BCUT2D eigenvalue weighted by atomic mass is 10.2. The summed E-state index contributed by atoms with van der Waals surface area (Å²) in [5, 5.41) is 0.497. The van der Waals surface area contributed by atoms with Gasteiger partial charge in [0.25, 0.3) is 5.56 Å². The molecule has 27 heavy (non-hydrogen) atoms. The Morgan fingerprint density at radius 3 is 2.22 bits per heavy atom. The second kappa shape index (κ2) is 6.69. The number of fused-ring (bicyclic) bond motifs is 1. The van der Waals surface area contributed by atoms with E-state index in [1.807, 2.05) is 0 Å². The lowest BCUT2D eigenvalue weighted by Gasteiger charge is -2.08. The highest BCUT2D eigenvalue weighted by atomic mass is 32.2. The van der Waals surface area contributed by atoms with Crippen molar-refractivity contribution in [2.75, 3.05) is 0 Å². The van der Waals surface area contributed by atoms with Crippen LogP contribution in [0.2, 0.25) is 0 Å². The highest BCUT2D eigenvalue weighted by Crippen LogP contribution is 2.22. The number of aromatic nitrogens is 2. The summed E-state index contributed by atoms with van der Waals surface area (Å²) in [4.78, 5) is 19.3. The molecule has 0 atom stereocenters. The summed E-state index contributed by atoms with van der Waals surface area (Å²) < 4.78 is 29.9. The zero-order valence-corrected chi connectivity index (χ0v) is 14.8. The van der Waals surface area contributed by atoms with E-state index in [4.69, 9.17) is 4.18 Å². The molecular formula is C20H14N2O4S. The number of benzene rings is 3. The van der Waals surface area contributed by atoms with Gasteiger partial charge in [0.15, 0.2) is 0 Å². The minimum absolute atomic E-state index is 0.0123. The first-order valence-corrected chi connectivity index (χ1v) is 9.53. The van der Waals surface area contributed by atoms with Gasteiger partial charge in [-0.1, -0.05) is 30.3 Å². The Bertz CT molecular complexity index is 1260. The van der Waals surface area contributed by atoms with E-state index in [1.54, 1.807) is 66.7 Å². The fourth-order valence-corrected chi connectivity index (χ4v) is 3.58. The van der Waals surface area contributed by atoms with Crippen molar-refractivity contribution >= 4 is 21.0 Å². The first-order chi connectivity index (χ1) is 13.0. The first-order valence-electron chi connectivity index (χ1n) is 8.12. The quantitative estimate of drug-likeness (QED) is 0.550. The molecule has 0 aliphatic heterocycles. The monoisotopic (exact) mass is 378 g/mol. The molecule has 0 bridgehead atoms. The molecule has 7 heteroatoms. The van der Waals surface area contributed by atoms with E-state index in [2.05, 4.69) is 9.97 Å². The van der Waals surface area contributed by atoms with Crippen LogP contribution in [-0.4, -0.2) is 18.4 Å². The van der Waals surface area contributed by atoms with Crippen molar-refractivity contribution < 1.29 is 12.6 Å². The number of nitrogens with one attached hydrogen (secondary N) is 1. The largest absolute Gasteiger partial charge is 0.379 e. The van der Waals surface area contributed by atoms with E-state index in [9.17, 15) is 13.2 Å². The Hall–Kier alpha value is -3.45.